The van der Waals surface area contributed by atoms with Crippen molar-refractivity contribution in [3.05, 3.63) is 72.1 Å². The van der Waals surface area contributed by atoms with Crippen LogP contribution in [0.4, 0.5) is 19.0 Å². The van der Waals surface area contributed by atoms with Crippen molar-refractivity contribution in [2.45, 2.75) is 13.0 Å². The number of ether oxygens (including phenoxy) is 1. The van der Waals surface area contributed by atoms with Gasteiger partial charge in [-0.25, -0.2) is 13.2 Å². The molecule has 0 bridgehead atoms. The van der Waals surface area contributed by atoms with E-state index in [0.29, 0.717) is 28.3 Å². The first kappa shape index (κ1) is 18.7. The van der Waals surface area contributed by atoms with Crippen LogP contribution in [0, 0.1) is 5.82 Å². The second kappa shape index (κ2) is 7.78. The van der Waals surface area contributed by atoms with Crippen molar-refractivity contribution in [3.8, 4) is 16.9 Å². The summed E-state index contributed by atoms with van der Waals surface area (Å²) in [6, 6.07) is 9.23. The van der Waals surface area contributed by atoms with Crippen LogP contribution in [0.2, 0.25) is 0 Å². The van der Waals surface area contributed by atoms with Gasteiger partial charge in [0.05, 0.1) is 7.11 Å². The highest BCUT2D eigenvalue weighted by Gasteiger charge is 2.18. The van der Waals surface area contributed by atoms with Gasteiger partial charge in [0, 0.05) is 41.2 Å². The van der Waals surface area contributed by atoms with Crippen LogP contribution in [-0.4, -0.2) is 26.7 Å². The first-order valence-electron chi connectivity index (χ1n) is 8.70. The molecule has 9 heteroatoms. The molecule has 3 heterocycles. The number of aromatic nitrogens is 4. The molecule has 0 unspecified atom stereocenters. The topological polar surface area (TPSA) is 64.3 Å². The summed E-state index contributed by atoms with van der Waals surface area (Å²) in [5.41, 5.74) is 1.36. The number of nitrogens with zero attached hydrogens (tertiary/aromatic N) is 4. The average molecular weight is 399 g/mol. The van der Waals surface area contributed by atoms with E-state index in [1.165, 1.54) is 38.0 Å². The standard InChI is InChI=1S/C20H16F3N5O/c1-29-17-4-2-3-16(21)15(17)10-25-18-6-5-13(20-27-26-11-28(18)20)14-9-24-8-7-12(14)19(22)23/h2-9,11,19,25H,10H2,1H3. The van der Waals surface area contributed by atoms with Gasteiger partial charge < -0.3 is 10.1 Å². The van der Waals surface area contributed by atoms with Crippen LogP contribution in [0.25, 0.3) is 16.8 Å². The lowest BCUT2D eigenvalue weighted by Crippen LogP contribution is -2.07. The predicted molar refractivity (Wildman–Crippen MR) is 101 cm³/mol. The number of fused-ring (bicyclic) bond motifs is 1. The SMILES string of the molecule is COc1cccc(F)c1CNc1ccc(-c2cnccc2C(F)F)c2nncn12. The molecule has 0 atom stereocenters. The minimum atomic E-state index is -2.65. The molecule has 0 spiro atoms. The molecule has 0 fully saturated rings. The fourth-order valence-corrected chi connectivity index (χ4v) is 3.17. The van der Waals surface area contributed by atoms with E-state index in [1.54, 1.807) is 28.7 Å². The summed E-state index contributed by atoms with van der Waals surface area (Å²) in [5, 5.41) is 11.1. The predicted octanol–water partition coefficient (Wildman–Crippen LogP) is 4.49. The van der Waals surface area contributed by atoms with Crippen LogP contribution in [0.3, 0.4) is 0 Å². The lowest BCUT2D eigenvalue weighted by Gasteiger charge is -2.14. The molecule has 0 radical (unpaired) electrons. The molecule has 1 N–H and O–H groups in total. The van der Waals surface area contributed by atoms with Gasteiger partial charge in [-0.1, -0.05) is 6.07 Å². The lowest BCUT2D eigenvalue weighted by molar-refractivity contribution is 0.152. The fraction of sp³-hybridized carbons (Fsp3) is 0.150. The Labute approximate surface area is 164 Å². The maximum atomic E-state index is 14.2. The normalized spacial score (nSPS) is 11.2. The number of benzene rings is 1. The Morgan fingerprint density at radius 2 is 2.00 bits per heavy atom. The zero-order valence-corrected chi connectivity index (χ0v) is 15.3. The van der Waals surface area contributed by atoms with Crippen molar-refractivity contribution in [2.75, 3.05) is 12.4 Å². The number of nitrogens with one attached hydrogen (secondary N) is 1. The van der Waals surface area contributed by atoms with Crippen molar-refractivity contribution in [1.29, 1.82) is 0 Å². The maximum Gasteiger partial charge on any atom is 0.264 e. The van der Waals surface area contributed by atoms with Crippen LogP contribution in [0.5, 0.6) is 5.75 Å². The summed E-state index contributed by atoms with van der Waals surface area (Å²) >= 11 is 0. The quantitative estimate of drug-likeness (QED) is 0.518. The molecule has 4 aromatic rings. The Morgan fingerprint density at radius 3 is 2.79 bits per heavy atom. The van der Waals surface area contributed by atoms with E-state index in [1.807, 2.05) is 0 Å². The maximum absolute atomic E-state index is 14.2. The van der Waals surface area contributed by atoms with Crippen molar-refractivity contribution in [1.82, 2.24) is 19.6 Å². The van der Waals surface area contributed by atoms with Gasteiger partial charge in [-0.15, -0.1) is 10.2 Å². The number of hydrogen-bond acceptors (Lipinski definition) is 5. The second-order valence-corrected chi connectivity index (χ2v) is 6.19. The van der Waals surface area contributed by atoms with Crippen molar-refractivity contribution in [3.63, 3.8) is 0 Å². The molecule has 29 heavy (non-hydrogen) atoms. The Kier molecular flexibility index (Phi) is 5.03. The van der Waals surface area contributed by atoms with E-state index >= 15 is 0 Å². The van der Waals surface area contributed by atoms with Gasteiger partial charge >= 0.3 is 0 Å². The molecule has 0 aliphatic heterocycles. The van der Waals surface area contributed by atoms with E-state index in [2.05, 4.69) is 20.5 Å². The highest BCUT2D eigenvalue weighted by atomic mass is 19.3. The minimum absolute atomic E-state index is 0.137. The van der Waals surface area contributed by atoms with Gasteiger partial charge in [-0.3, -0.25) is 9.38 Å². The number of pyridine rings is 2. The highest BCUT2D eigenvalue weighted by molar-refractivity contribution is 5.80. The Balaban J connectivity index is 1.72. The molecule has 0 aliphatic carbocycles. The third-order valence-corrected chi connectivity index (χ3v) is 4.58. The molecular weight excluding hydrogens is 383 g/mol. The first-order valence-corrected chi connectivity index (χ1v) is 8.70. The number of alkyl halides is 2. The van der Waals surface area contributed by atoms with Gasteiger partial charge in [-0.2, -0.15) is 0 Å². The largest absolute Gasteiger partial charge is 0.496 e. The number of halogens is 3. The molecule has 4 rings (SSSR count). The summed E-state index contributed by atoms with van der Waals surface area (Å²) in [5.74, 6) is 0.595. The fourth-order valence-electron chi connectivity index (χ4n) is 3.17. The van der Waals surface area contributed by atoms with E-state index in [9.17, 15) is 13.2 Å². The summed E-state index contributed by atoms with van der Waals surface area (Å²) in [7, 11) is 1.47. The summed E-state index contributed by atoms with van der Waals surface area (Å²) in [4.78, 5) is 3.96. The monoisotopic (exact) mass is 399 g/mol. The molecular formula is C20H16F3N5O. The van der Waals surface area contributed by atoms with E-state index in [-0.39, 0.29) is 17.7 Å². The Morgan fingerprint density at radius 1 is 1.14 bits per heavy atom. The zero-order valence-electron chi connectivity index (χ0n) is 15.3. The van der Waals surface area contributed by atoms with Gasteiger partial charge in [0.1, 0.15) is 23.7 Å². The molecule has 6 nitrogen and oxygen atoms in total. The molecule has 1 aromatic carbocycles. The molecule has 148 valence electrons. The van der Waals surface area contributed by atoms with Gasteiger partial charge in [0.25, 0.3) is 6.43 Å². The highest BCUT2D eigenvalue weighted by Crippen LogP contribution is 2.33. The molecule has 3 aromatic heterocycles. The van der Waals surface area contributed by atoms with Crippen LogP contribution in [-0.2, 0) is 6.54 Å². The van der Waals surface area contributed by atoms with Crippen molar-refractivity contribution < 1.29 is 17.9 Å². The van der Waals surface area contributed by atoms with Crippen molar-refractivity contribution in [2.24, 2.45) is 0 Å². The summed E-state index contributed by atoms with van der Waals surface area (Å²) in [6.07, 6.45) is 1.51. The molecule has 0 amide bonds. The zero-order chi connectivity index (χ0) is 20.4. The first-order chi connectivity index (χ1) is 14.1. The minimum Gasteiger partial charge on any atom is -0.496 e. The average Bonchev–Trinajstić information content (AvgIpc) is 3.22. The summed E-state index contributed by atoms with van der Waals surface area (Å²) in [6.45, 7) is 0.150. The molecule has 0 aliphatic rings. The Bertz CT molecular complexity index is 1160. The third-order valence-electron chi connectivity index (χ3n) is 4.58. The number of methoxy groups -OCH3 is 1. The van der Waals surface area contributed by atoms with Gasteiger partial charge in [0.2, 0.25) is 0 Å². The number of rotatable bonds is 6. The van der Waals surface area contributed by atoms with Gasteiger partial charge in [0.15, 0.2) is 5.65 Å². The smallest absolute Gasteiger partial charge is 0.264 e. The third kappa shape index (κ3) is 3.46. The second-order valence-electron chi connectivity index (χ2n) is 6.19. The number of hydrogen-bond donors (Lipinski definition) is 1. The summed E-state index contributed by atoms with van der Waals surface area (Å²) < 4.78 is 47.8. The van der Waals surface area contributed by atoms with E-state index in [0.717, 1.165) is 0 Å². The Hall–Kier alpha value is -3.62. The van der Waals surface area contributed by atoms with Crippen LogP contribution >= 0.6 is 0 Å². The van der Waals surface area contributed by atoms with Crippen LogP contribution in [0.1, 0.15) is 17.6 Å². The number of anilines is 1. The lowest BCUT2D eigenvalue weighted by atomic mass is 10.0. The van der Waals surface area contributed by atoms with Crippen LogP contribution in [0.15, 0.2) is 55.1 Å². The van der Waals surface area contributed by atoms with Crippen molar-refractivity contribution >= 4 is 11.5 Å². The van der Waals surface area contributed by atoms with E-state index in [4.69, 9.17) is 4.74 Å². The van der Waals surface area contributed by atoms with Gasteiger partial charge in [-0.05, 0) is 30.3 Å². The molecule has 0 saturated carbocycles. The van der Waals surface area contributed by atoms with Crippen LogP contribution < -0.4 is 10.1 Å². The molecule has 0 saturated heterocycles. The van der Waals surface area contributed by atoms with E-state index < -0.39 is 12.2 Å².